The first-order valence-corrected chi connectivity index (χ1v) is 7.44. The zero-order chi connectivity index (χ0) is 14.8. The topological polar surface area (TPSA) is 99.0 Å². The zero-order valence-electron chi connectivity index (χ0n) is 10.7. The van der Waals surface area contributed by atoms with Gasteiger partial charge in [0.05, 0.1) is 13.4 Å². The van der Waals surface area contributed by atoms with Crippen molar-refractivity contribution in [1.82, 2.24) is 19.5 Å². The number of aromatic nitrogens is 4. The molecule has 2 rings (SSSR count). The number of hydrogen-bond acceptors (Lipinski definition) is 6. The number of anilines is 1. The summed E-state index contributed by atoms with van der Waals surface area (Å²) in [7, 11) is -2.48. The SMILES string of the molecule is CCn1cnc(S(=O)(=O)Nc2nc(Cl)cc(OC)n2)c1. The number of aryl methyl sites for hydroxylation is 1. The van der Waals surface area contributed by atoms with Gasteiger partial charge in [-0.3, -0.25) is 0 Å². The van der Waals surface area contributed by atoms with Crippen LogP contribution in [0, 0.1) is 0 Å². The summed E-state index contributed by atoms with van der Waals surface area (Å²) in [6.45, 7) is 2.49. The molecule has 0 aliphatic carbocycles. The smallest absolute Gasteiger partial charge is 0.283 e. The van der Waals surface area contributed by atoms with E-state index in [1.54, 1.807) is 4.57 Å². The van der Waals surface area contributed by atoms with Gasteiger partial charge >= 0.3 is 0 Å². The highest BCUT2D eigenvalue weighted by atomic mass is 35.5. The van der Waals surface area contributed by atoms with Gasteiger partial charge in [-0.05, 0) is 6.92 Å². The minimum Gasteiger partial charge on any atom is -0.481 e. The lowest BCUT2D eigenvalue weighted by atomic mass is 10.6. The van der Waals surface area contributed by atoms with Crippen molar-refractivity contribution in [1.29, 1.82) is 0 Å². The lowest BCUT2D eigenvalue weighted by Crippen LogP contribution is -2.15. The van der Waals surface area contributed by atoms with Gasteiger partial charge in [0, 0.05) is 18.8 Å². The maximum absolute atomic E-state index is 12.1. The van der Waals surface area contributed by atoms with Gasteiger partial charge in [0.2, 0.25) is 11.8 Å². The Hall–Kier alpha value is -1.87. The number of nitrogens with zero attached hydrogens (tertiary/aromatic N) is 4. The monoisotopic (exact) mass is 317 g/mol. The Morgan fingerprint density at radius 1 is 1.45 bits per heavy atom. The Labute approximate surface area is 120 Å². The van der Waals surface area contributed by atoms with E-state index in [4.69, 9.17) is 16.3 Å². The molecule has 0 aliphatic rings. The highest BCUT2D eigenvalue weighted by molar-refractivity contribution is 7.92. The number of hydrogen-bond donors (Lipinski definition) is 1. The van der Waals surface area contributed by atoms with E-state index >= 15 is 0 Å². The van der Waals surface area contributed by atoms with Crippen LogP contribution in [0.15, 0.2) is 23.6 Å². The average molecular weight is 318 g/mol. The van der Waals surface area contributed by atoms with E-state index < -0.39 is 10.0 Å². The van der Waals surface area contributed by atoms with Crippen LogP contribution in [0.5, 0.6) is 5.88 Å². The first-order valence-electron chi connectivity index (χ1n) is 5.57. The summed E-state index contributed by atoms with van der Waals surface area (Å²) < 4.78 is 32.9. The van der Waals surface area contributed by atoms with E-state index in [0.29, 0.717) is 6.54 Å². The molecule has 0 aliphatic heterocycles. The summed E-state index contributed by atoms with van der Waals surface area (Å²) in [5.41, 5.74) is 0. The highest BCUT2D eigenvalue weighted by Crippen LogP contribution is 2.18. The average Bonchev–Trinajstić information content (AvgIpc) is 2.87. The molecule has 8 nitrogen and oxygen atoms in total. The van der Waals surface area contributed by atoms with E-state index in [0.717, 1.165) is 0 Å². The molecule has 0 bridgehead atoms. The van der Waals surface area contributed by atoms with E-state index in [-0.39, 0.29) is 22.0 Å². The summed E-state index contributed by atoms with van der Waals surface area (Å²) in [4.78, 5) is 11.4. The van der Waals surface area contributed by atoms with Crippen molar-refractivity contribution in [2.45, 2.75) is 18.5 Å². The van der Waals surface area contributed by atoms with Gasteiger partial charge in [-0.1, -0.05) is 11.6 Å². The second kappa shape index (κ2) is 5.63. The summed E-state index contributed by atoms with van der Waals surface area (Å²) in [5.74, 6) is -0.0258. The third-order valence-electron chi connectivity index (χ3n) is 2.36. The van der Waals surface area contributed by atoms with E-state index in [1.165, 1.54) is 25.7 Å². The zero-order valence-corrected chi connectivity index (χ0v) is 12.3. The van der Waals surface area contributed by atoms with E-state index in [9.17, 15) is 8.42 Å². The van der Waals surface area contributed by atoms with Crippen molar-refractivity contribution >= 4 is 27.6 Å². The Morgan fingerprint density at radius 3 is 2.80 bits per heavy atom. The van der Waals surface area contributed by atoms with Crippen LogP contribution in [0.1, 0.15) is 6.92 Å². The highest BCUT2D eigenvalue weighted by Gasteiger charge is 2.19. The normalized spacial score (nSPS) is 11.3. The molecule has 0 amide bonds. The Kier molecular flexibility index (Phi) is 4.09. The molecule has 0 saturated heterocycles. The van der Waals surface area contributed by atoms with Crippen LogP contribution in [-0.2, 0) is 16.6 Å². The largest absolute Gasteiger partial charge is 0.481 e. The van der Waals surface area contributed by atoms with Crippen molar-refractivity contribution in [3.8, 4) is 5.88 Å². The minimum absolute atomic E-state index is 0.0636. The third kappa shape index (κ3) is 3.17. The van der Waals surface area contributed by atoms with Gasteiger partial charge in [0.25, 0.3) is 10.0 Å². The molecule has 10 heteroatoms. The molecule has 108 valence electrons. The van der Waals surface area contributed by atoms with Crippen molar-refractivity contribution in [2.75, 3.05) is 11.8 Å². The van der Waals surface area contributed by atoms with Crippen LogP contribution in [0.3, 0.4) is 0 Å². The molecule has 0 atom stereocenters. The molecule has 0 saturated carbocycles. The predicted molar refractivity (Wildman–Crippen MR) is 72.3 cm³/mol. The summed E-state index contributed by atoms with van der Waals surface area (Å²) in [6, 6.07) is 1.37. The summed E-state index contributed by atoms with van der Waals surface area (Å²) in [6.07, 6.45) is 2.83. The number of ether oxygens (including phenoxy) is 1. The Morgan fingerprint density at radius 2 is 2.20 bits per heavy atom. The van der Waals surface area contributed by atoms with Crippen LogP contribution in [0.25, 0.3) is 0 Å². The quantitative estimate of drug-likeness (QED) is 0.831. The van der Waals surface area contributed by atoms with E-state index in [2.05, 4.69) is 19.7 Å². The molecule has 0 fully saturated rings. The maximum Gasteiger partial charge on any atom is 0.283 e. The fraction of sp³-hybridized carbons (Fsp3) is 0.300. The third-order valence-corrected chi connectivity index (χ3v) is 3.76. The number of rotatable bonds is 5. The minimum atomic E-state index is -3.87. The van der Waals surface area contributed by atoms with Gasteiger partial charge < -0.3 is 9.30 Å². The van der Waals surface area contributed by atoms with Crippen LogP contribution >= 0.6 is 11.6 Å². The second-order valence-electron chi connectivity index (χ2n) is 3.70. The van der Waals surface area contributed by atoms with Gasteiger partial charge in [0.1, 0.15) is 5.15 Å². The predicted octanol–water partition coefficient (Wildman–Crippen LogP) is 1.16. The lowest BCUT2D eigenvalue weighted by molar-refractivity contribution is 0.397. The molecule has 2 aromatic rings. The molecule has 0 aromatic carbocycles. The first kappa shape index (κ1) is 14.5. The number of nitrogens with one attached hydrogen (secondary N) is 1. The second-order valence-corrected chi connectivity index (χ2v) is 5.72. The maximum atomic E-state index is 12.1. The molecule has 0 unspecified atom stereocenters. The Bertz CT molecular complexity index is 715. The van der Waals surface area contributed by atoms with Gasteiger partial charge in [0.15, 0.2) is 5.03 Å². The van der Waals surface area contributed by atoms with Crippen molar-refractivity contribution < 1.29 is 13.2 Å². The van der Waals surface area contributed by atoms with Crippen molar-refractivity contribution in [3.63, 3.8) is 0 Å². The number of halogens is 1. The van der Waals surface area contributed by atoms with Gasteiger partial charge in [-0.25, -0.2) is 14.7 Å². The molecule has 2 aromatic heterocycles. The number of sulfonamides is 1. The number of imidazole rings is 1. The van der Waals surface area contributed by atoms with Crippen LogP contribution in [0.2, 0.25) is 5.15 Å². The molecule has 1 N–H and O–H groups in total. The first-order chi connectivity index (χ1) is 9.44. The lowest BCUT2D eigenvalue weighted by Gasteiger charge is -2.06. The molecular weight excluding hydrogens is 306 g/mol. The van der Waals surface area contributed by atoms with Crippen LogP contribution in [-0.4, -0.2) is 35.0 Å². The fourth-order valence-electron chi connectivity index (χ4n) is 1.37. The standard InChI is InChI=1S/C10H12ClN5O3S/c1-3-16-5-9(12-6-16)20(17,18)15-10-13-7(11)4-8(14-10)19-2/h4-6H,3H2,1-2H3,(H,13,14,15). The van der Waals surface area contributed by atoms with Crippen LogP contribution < -0.4 is 9.46 Å². The Balaban J connectivity index is 2.30. The van der Waals surface area contributed by atoms with Gasteiger partial charge in [-0.15, -0.1) is 0 Å². The molecular formula is C10H12ClN5O3S. The number of methoxy groups -OCH3 is 1. The van der Waals surface area contributed by atoms with E-state index in [1.807, 2.05) is 6.92 Å². The molecule has 20 heavy (non-hydrogen) atoms. The summed E-state index contributed by atoms with van der Waals surface area (Å²) >= 11 is 5.74. The molecule has 0 radical (unpaired) electrons. The van der Waals surface area contributed by atoms with Crippen LogP contribution in [0.4, 0.5) is 5.95 Å². The molecule has 0 spiro atoms. The molecule has 2 heterocycles. The summed E-state index contributed by atoms with van der Waals surface area (Å²) in [5, 5.41) is -0.0597. The van der Waals surface area contributed by atoms with Gasteiger partial charge in [-0.2, -0.15) is 13.4 Å². The fourth-order valence-corrected chi connectivity index (χ4v) is 2.44. The van der Waals surface area contributed by atoms with Crippen molar-refractivity contribution in [2.24, 2.45) is 0 Å². The van der Waals surface area contributed by atoms with Crippen molar-refractivity contribution in [3.05, 3.63) is 23.7 Å².